The summed E-state index contributed by atoms with van der Waals surface area (Å²) in [7, 11) is 3.28. The molecule has 0 aliphatic heterocycles. The highest BCUT2D eigenvalue weighted by Crippen LogP contribution is 2.28. The van der Waals surface area contributed by atoms with Gasteiger partial charge in [-0.2, -0.15) is 0 Å². The molecule has 2 atom stereocenters. The Morgan fingerprint density at radius 1 is 1.15 bits per heavy atom. The predicted octanol–water partition coefficient (Wildman–Crippen LogP) is 3.16. The Labute approximate surface area is 122 Å². The standard InChI is InChI=1S/C16H27NO3/c1-5-6-12(2)10-20-11-15(17)14-9-13(18-3)7-8-16(14)19-4/h7-9,12,15H,5-6,10-11,17H2,1-4H3. The number of hydrogen-bond acceptors (Lipinski definition) is 4. The number of nitrogens with two attached hydrogens (primary N) is 1. The highest BCUT2D eigenvalue weighted by Gasteiger charge is 2.14. The summed E-state index contributed by atoms with van der Waals surface area (Å²) in [5.41, 5.74) is 7.11. The van der Waals surface area contributed by atoms with Gasteiger partial charge in [-0.25, -0.2) is 0 Å². The summed E-state index contributed by atoms with van der Waals surface area (Å²) in [6.07, 6.45) is 2.36. The van der Waals surface area contributed by atoms with Crippen molar-refractivity contribution in [2.75, 3.05) is 27.4 Å². The van der Waals surface area contributed by atoms with Crippen LogP contribution in [-0.2, 0) is 4.74 Å². The van der Waals surface area contributed by atoms with E-state index in [1.807, 2.05) is 18.2 Å². The van der Waals surface area contributed by atoms with Crippen LogP contribution in [0.3, 0.4) is 0 Å². The second kappa shape index (κ2) is 8.82. The van der Waals surface area contributed by atoms with E-state index in [1.54, 1.807) is 14.2 Å². The minimum absolute atomic E-state index is 0.214. The van der Waals surface area contributed by atoms with E-state index >= 15 is 0 Å². The molecule has 0 aliphatic rings. The van der Waals surface area contributed by atoms with Crippen molar-refractivity contribution in [3.63, 3.8) is 0 Å². The molecule has 1 aromatic rings. The molecule has 4 nitrogen and oxygen atoms in total. The molecule has 0 spiro atoms. The highest BCUT2D eigenvalue weighted by molar-refractivity contribution is 5.42. The Balaban J connectivity index is 2.59. The minimum atomic E-state index is -0.214. The molecule has 0 heterocycles. The van der Waals surface area contributed by atoms with Crippen molar-refractivity contribution in [3.8, 4) is 11.5 Å². The van der Waals surface area contributed by atoms with Gasteiger partial charge in [-0.1, -0.05) is 20.3 Å². The van der Waals surface area contributed by atoms with Crippen molar-refractivity contribution in [2.45, 2.75) is 32.7 Å². The maximum absolute atomic E-state index is 6.19. The van der Waals surface area contributed by atoms with Gasteiger partial charge in [0.25, 0.3) is 0 Å². The maximum atomic E-state index is 6.19. The zero-order chi connectivity index (χ0) is 15.0. The van der Waals surface area contributed by atoms with Gasteiger partial charge in [-0.3, -0.25) is 0 Å². The van der Waals surface area contributed by atoms with E-state index in [1.165, 1.54) is 12.8 Å². The van der Waals surface area contributed by atoms with Gasteiger partial charge in [0.05, 0.1) is 26.9 Å². The third-order valence-corrected chi connectivity index (χ3v) is 3.32. The van der Waals surface area contributed by atoms with Gasteiger partial charge in [0.15, 0.2) is 0 Å². The zero-order valence-corrected chi connectivity index (χ0v) is 13.0. The highest BCUT2D eigenvalue weighted by atomic mass is 16.5. The number of ether oxygens (including phenoxy) is 3. The first kappa shape index (κ1) is 16.8. The van der Waals surface area contributed by atoms with Crippen molar-refractivity contribution in [3.05, 3.63) is 23.8 Å². The summed E-state index contributed by atoms with van der Waals surface area (Å²) in [4.78, 5) is 0. The molecule has 1 aromatic carbocycles. The van der Waals surface area contributed by atoms with E-state index in [2.05, 4.69) is 13.8 Å². The lowest BCUT2D eigenvalue weighted by Crippen LogP contribution is -2.20. The lowest BCUT2D eigenvalue weighted by molar-refractivity contribution is 0.0904. The molecule has 4 heteroatoms. The number of benzene rings is 1. The topological polar surface area (TPSA) is 53.7 Å². The Morgan fingerprint density at radius 3 is 2.50 bits per heavy atom. The molecule has 0 amide bonds. The number of methoxy groups -OCH3 is 2. The fraction of sp³-hybridized carbons (Fsp3) is 0.625. The molecule has 0 fully saturated rings. The van der Waals surface area contributed by atoms with Crippen LogP contribution in [0.1, 0.15) is 38.3 Å². The maximum Gasteiger partial charge on any atom is 0.123 e. The molecule has 0 saturated carbocycles. The van der Waals surface area contributed by atoms with Crippen LogP contribution in [0.15, 0.2) is 18.2 Å². The molecule has 114 valence electrons. The van der Waals surface area contributed by atoms with Crippen LogP contribution < -0.4 is 15.2 Å². The summed E-state index contributed by atoms with van der Waals surface area (Å²) < 4.78 is 16.3. The summed E-state index contributed by atoms with van der Waals surface area (Å²) >= 11 is 0. The van der Waals surface area contributed by atoms with Crippen molar-refractivity contribution < 1.29 is 14.2 Å². The summed E-state index contributed by atoms with van der Waals surface area (Å²) in [5, 5.41) is 0. The first-order valence-electron chi connectivity index (χ1n) is 7.17. The summed E-state index contributed by atoms with van der Waals surface area (Å²) in [6, 6.07) is 5.42. The third kappa shape index (κ3) is 5.02. The van der Waals surface area contributed by atoms with Crippen LogP contribution in [0.5, 0.6) is 11.5 Å². The monoisotopic (exact) mass is 281 g/mol. The van der Waals surface area contributed by atoms with Gasteiger partial charge >= 0.3 is 0 Å². The normalized spacial score (nSPS) is 13.8. The van der Waals surface area contributed by atoms with Crippen LogP contribution in [0.2, 0.25) is 0 Å². The smallest absolute Gasteiger partial charge is 0.123 e. The molecule has 0 aliphatic carbocycles. The summed E-state index contributed by atoms with van der Waals surface area (Å²) in [5.74, 6) is 2.11. The van der Waals surface area contributed by atoms with Crippen molar-refractivity contribution >= 4 is 0 Å². The Kier molecular flexibility index (Phi) is 7.41. The Morgan fingerprint density at radius 2 is 1.90 bits per heavy atom. The van der Waals surface area contributed by atoms with Crippen LogP contribution >= 0.6 is 0 Å². The molecule has 0 radical (unpaired) electrons. The van der Waals surface area contributed by atoms with Crippen LogP contribution in [-0.4, -0.2) is 27.4 Å². The van der Waals surface area contributed by atoms with Crippen LogP contribution in [0, 0.1) is 5.92 Å². The number of rotatable bonds is 9. The predicted molar refractivity (Wildman–Crippen MR) is 81.4 cm³/mol. The quantitative estimate of drug-likeness (QED) is 0.755. The average Bonchev–Trinajstić information content (AvgIpc) is 2.46. The van der Waals surface area contributed by atoms with Gasteiger partial charge in [0.2, 0.25) is 0 Å². The van der Waals surface area contributed by atoms with Gasteiger partial charge in [0, 0.05) is 12.2 Å². The molecular formula is C16H27NO3. The van der Waals surface area contributed by atoms with E-state index in [9.17, 15) is 0 Å². The van der Waals surface area contributed by atoms with E-state index in [0.29, 0.717) is 12.5 Å². The Hall–Kier alpha value is -1.26. The zero-order valence-electron chi connectivity index (χ0n) is 13.0. The lowest BCUT2D eigenvalue weighted by atomic mass is 10.1. The average molecular weight is 281 g/mol. The largest absolute Gasteiger partial charge is 0.497 e. The molecule has 0 bridgehead atoms. The lowest BCUT2D eigenvalue weighted by Gasteiger charge is -2.18. The van der Waals surface area contributed by atoms with Gasteiger partial charge < -0.3 is 19.9 Å². The van der Waals surface area contributed by atoms with Crippen molar-refractivity contribution in [1.29, 1.82) is 0 Å². The van der Waals surface area contributed by atoms with E-state index < -0.39 is 0 Å². The molecule has 2 unspecified atom stereocenters. The fourth-order valence-electron chi connectivity index (χ4n) is 2.19. The SMILES string of the molecule is CCCC(C)COCC(N)c1cc(OC)ccc1OC. The third-order valence-electron chi connectivity index (χ3n) is 3.32. The van der Waals surface area contributed by atoms with Crippen molar-refractivity contribution in [1.82, 2.24) is 0 Å². The van der Waals surface area contributed by atoms with Crippen molar-refractivity contribution in [2.24, 2.45) is 11.7 Å². The van der Waals surface area contributed by atoms with Gasteiger partial charge in [0.1, 0.15) is 11.5 Å². The fourth-order valence-corrected chi connectivity index (χ4v) is 2.19. The van der Waals surface area contributed by atoms with Crippen LogP contribution in [0.25, 0.3) is 0 Å². The minimum Gasteiger partial charge on any atom is -0.497 e. The molecule has 20 heavy (non-hydrogen) atoms. The molecule has 2 N–H and O–H groups in total. The number of hydrogen-bond donors (Lipinski definition) is 1. The van der Waals surface area contributed by atoms with E-state index in [0.717, 1.165) is 23.7 Å². The van der Waals surface area contributed by atoms with E-state index in [-0.39, 0.29) is 6.04 Å². The van der Waals surface area contributed by atoms with E-state index in [4.69, 9.17) is 19.9 Å². The second-order valence-electron chi connectivity index (χ2n) is 5.15. The molecule has 0 saturated heterocycles. The second-order valence-corrected chi connectivity index (χ2v) is 5.15. The van der Waals surface area contributed by atoms with Crippen LogP contribution in [0.4, 0.5) is 0 Å². The molecule has 0 aromatic heterocycles. The van der Waals surface area contributed by atoms with Gasteiger partial charge in [-0.05, 0) is 30.5 Å². The molecular weight excluding hydrogens is 254 g/mol. The first-order chi connectivity index (χ1) is 9.62. The summed E-state index contributed by atoms with van der Waals surface area (Å²) in [6.45, 7) is 5.61. The molecule has 1 rings (SSSR count). The van der Waals surface area contributed by atoms with Gasteiger partial charge in [-0.15, -0.1) is 0 Å². The Bertz CT molecular complexity index is 395. The first-order valence-corrected chi connectivity index (χ1v) is 7.17.